The van der Waals surface area contributed by atoms with Crippen LogP contribution in [0.25, 0.3) is 0 Å². The highest BCUT2D eigenvalue weighted by Crippen LogP contribution is 2.28. The number of nitrogens with one attached hydrogen (secondary N) is 1. The molecule has 6 heteroatoms. The van der Waals surface area contributed by atoms with E-state index in [2.05, 4.69) is 17.4 Å². The highest BCUT2D eigenvalue weighted by molar-refractivity contribution is 5.84. The van der Waals surface area contributed by atoms with Crippen LogP contribution in [-0.4, -0.2) is 61.6 Å². The number of hydrogen-bond acceptors (Lipinski definition) is 3. The maximum Gasteiger partial charge on any atom is 0.317 e. The van der Waals surface area contributed by atoms with Gasteiger partial charge in [-0.3, -0.25) is 4.79 Å². The fourth-order valence-corrected chi connectivity index (χ4v) is 3.04. The summed E-state index contributed by atoms with van der Waals surface area (Å²) in [5, 5.41) is 2.74. The fourth-order valence-electron chi connectivity index (χ4n) is 3.04. The van der Waals surface area contributed by atoms with E-state index in [-0.39, 0.29) is 18.5 Å². The minimum absolute atomic E-state index is 0.0424. The molecule has 1 atom stereocenters. The van der Waals surface area contributed by atoms with Gasteiger partial charge in [-0.1, -0.05) is 12.1 Å². The molecule has 0 saturated carbocycles. The van der Waals surface area contributed by atoms with Crippen LogP contribution >= 0.6 is 0 Å². The molecule has 0 aliphatic carbocycles. The minimum Gasteiger partial charge on any atom is -0.497 e. The van der Waals surface area contributed by atoms with E-state index in [1.165, 1.54) is 5.56 Å². The van der Waals surface area contributed by atoms with Crippen molar-refractivity contribution < 1.29 is 14.3 Å². The van der Waals surface area contributed by atoms with Gasteiger partial charge in [-0.2, -0.15) is 0 Å². The van der Waals surface area contributed by atoms with Gasteiger partial charge in [-0.05, 0) is 38.0 Å². The lowest BCUT2D eigenvalue weighted by Crippen LogP contribution is -2.44. The number of rotatable bonds is 6. The molecule has 132 valence electrons. The van der Waals surface area contributed by atoms with Crippen LogP contribution in [0.15, 0.2) is 24.3 Å². The summed E-state index contributed by atoms with van der Waals surface area (Å²) in [5.74, 6) is 1.13. The van der Waals surface area contributed by atoms with E-state index in [4.69, 9.17) is 4.74 Å². The van der Waals surface area contributed by atoms with Gasteiger partial charge in [-0.25, -0.2) is 4.79 Å². The Bertz CT molecular complexity index is 555. The maximum atomic E-state index is 12.3. The number of nitrogens with zero attached hydrogens (tertiary/aromatic N) is 2. The lowest BCUT2D eigenvalue weighted by atomic mass is 9.98. The molecule has 3 amide bonds. The van der Waals surface area contributed by atoms with Gasteiger partial charge >= 0.3 is 6.03 Å². The Morgan fingerprint density at radius 2 is 1.92 bits per heavy atom. The van der Waals surface area contributed by atoms with E-state index < -0.39 is 0 Å². The van der Waals surface area contributed by atoms with Gasteiger partial charge in [0, 0.05) is 32.1 Å². The number of carbonyl (C=O) groups is 2. The minimum atomic E-state index is -0.161. The second-order valence-corrected chi connectivity index (χ2v) is 5.93. The van der Waals surface area contributed by atoms with Crippen LogP contribution in [0.5, 0.6) is 5.75 Å². The monoisotopic (exact) mass is 333 g/mol. The molecular weight excluding hydrogens is 306 g/mol. The zero-order valence-corrected chi connectivity index (χ0v) is 14.7. The van der Waals surface area contributed by atoms with Crippen molar-refractivity contribution in [2.24, 2.45) is 0 Å². The zero-order valence-electron chi connectivity index (χ0n) is 14.7. The highest BCUT2D eigenvalue weighted by Gasteiger charge is 2.27. The molecule has 1 aromatic carbocycles. The van der Waals surface area contributed by atoms with Gasteiger partial charge in [0.25, 0.3) is 0 Å². The summed E-state index contributed by atoms with van der Waals surface area (Å²) in [6, 6.07) is 7.83. The predicted molar refractivity (Wildman–Crippen MR) is 93.3 cm³/mol. The predicted octanol–water partition coefficient (Wildman–Crippen LogP) is 2.06. The van der Waals surface area contributed by atoms with Gasteiger partial charge in [0.15, 0.2) is 0 Å². The van der Waals surface area contributed by atoms with E-state index in [1.807, 2.05) is 26.0 Å². The van der Waals surface area contributed by atoms with Crippen molar-refractivity contribution in [1.82, 2.24) is 15.1 Å². The normalized spacial score (nSPS) is 16.8. The topological polar surface area (TPSA) is 61.9 Å². The van der Waals surface area contributed by atoms with Crippen LogP contribution in [0.4, 0.5) is 4.79 Å². The molecular formula is C18H27N3O3. The third-order valence-electron chi connectivity index (χ3n) is 4.57. The molecule has 1 heterocycles. The first kappa shape index (κ1) is 18.1. The van der Waals surface area contributed by atoms with Gasteiger partial charge < -0.3 is 19.9 Å². The Morgan fingerprint density at radius 1 is 1.25 bits per heavy atom. The smallest absolute Gasteiger partial charge is 0.317 e. The van der Waals surface area contributed by atoms with Crippen LogP contribution in [0.2, 0.25) is 0 Å². The van der Waals surface area contributed by atoms with Crippen molar-refractivity contribution in [2.45, 2.75) is 26.2 Å². The number of likely N-dealkylation sites (N-methyl/N-ethyl adjacent to an activating group) is 1. The van der Waals surface area contributed by atoms with Crippen molar-refractivity contribution in [3.8, 4) is 5.75 Å². The Hall–Kier alpha value is -2.24. The Morgan fingerprint density at radius 3 is 2.50 bits per heavy atom. The van der Waals surface area contributed by atoms with Gasteiger partial charge in [-0.15, -0.1) is 0 Å². The lowest BCUT2D eigenvalue weighted by Gasteiger charge is -2.21. The number of methoxy groups -OCH3 is 1. The number of carbonyl (C=O) groups excluding carboxylic acids is 2. The second-order valence-electron chi connectivity index (χ2n) is 5.93. The van der Waals surface area contributed by atoms with Gasteiger partial charge in [0.2, 0.25) is 5.91 Å². The summed E-state index contributed by atoms with van der Waals surface area (Å²) in [6.45, 7) is 6.64. The van der Waals surface area contributed by atoms with Crippen LogP contribution < -0.4 is 10.1 Å². The van der Waals surface area contributed by atoms with Crippen molar-refractivity contribution >= 4 is 11.9 Å². The molecule has 0 radical (unpaired) electrons. The Kier molecular flexibility index (Phi) is 6.46. The van der Waals surface area contributed by atoms with Crippen molar-refractivity contribution in [3.63, 3.8) is 0 Å². The SMILES string of the molecule is CCN(CC)C(=O)CNC(=O)N1CC[C@@H](c2ccc(OC)cc2)C1. The standard InChI is InChI=1S/C18H27N3O3/c1-4-20(5-2)17(22)12-19-18(23)21-11-10-15(13-21)14-6-8-16(24-3)9-7-14/h6-9,15H,4-5,10-13H2,1-3H3,(H,19,23)/t15-/m1/s1. The van der Waals surface area contributed by atoms with Crippen molar-refractivity contribution in [3.05, 3.63) is 29.8 Å². The van der Waals surface area contributed by atoms with E-state index >= 15 is 0 Å². The summed E-state index contributed by atoms with van der Waals surface area (Å²) in [6.07, 6.45) is 0.934. The quantitative estimate of drug-likeness (QED) is 0.867. The van der Waals surface area contributed by atoms with Crippen molar-refractivity contribution in [2.75, 3.05) is 39.8 Å². The average Bonchev–Trinajstić information content (AvgIpc) is 3.11. The average molecular weight is 333 g/mol. The largest absolute Gasteiger partial charge is 0.497 e. The Labute approximate surface area is 143 Å². The fraction of sp³-hybridized carbons (Fsp3) is 0.556. The molecule has 0 spiro atoms. The number of hydrogen-bond donors (Lipinski definition) is 1. The zero-order chi connectivity index (χ0) is 17.5. The summed E-state index contributed by atoms with van der Waals surface area (Å²) >= 11 is 0. The van der Waals surface area contributed by atoms with Gasteiger partial charge in [0.1, 0.15) is 5.75 Å². The molecule has 2 rings (SSSR count). The summed E-state index contributed by atoms with van der Waals surface area (Å²) < 4.78 is 5.17. The number of ether oxygens (including phenoxy) is 1. The molecule has 0 bridgehead atoms. The lowest BCUT2D eigenvalue weighted by molar-refractivity contribution is -0.129. The summed E-state index contributed by atoms with van der Waals surface area (Å²) in [4.78, 5) is 27.7. The molecule has 24 heavy (non-hydrogen) atoms. The number of amides is 3. The van der Waals surface area contributed by atoms with Crippen LogP contribution in [0, 0.1) is 0 Å². The number of benzene rings is 1. The van der Waals surface area contributed by atoms with E-state index in [1.54, 1.807) is 16.9 Å². The molecule has 1 aliphatic heterocycles. The number of urea groups is 1. The molecule has 0 aromatic heterocycles. The molecule has 1 aliphatic rings. The van der Waals surface area contributed by atoms with Crippen molar-refractivity contribution in [1.29, 1.82) is 0 Å². The summed E-state index contributed by atoms with van der Waals surface area (Å²) in [7, 11) is 1.65. The summed E-state index contributed by atoms with van der Waals surface area (Å²) in [5.41, 5.74) is 1.21. The number of likely N-dealkylation sites (tertiary alicyclic amines) is 1. The second kappa shape index (κ2) is 8.57. The first-order valence-electron chi connectivity index (χ1n) is 8.53. The molecule has 6 nitrogen and oxygen atoms in total. The Balaban J connectivity index is 1.83. The molecule has 1 aromatic rings. The third kappa shape index (κ3) is 4.40. The third-order valence-corrected chi connectivity index (χ3v) is 4.57. The van der Waals surface area contributed by atoms with E-state index in [0.717, 1.165) is 12.2 Å². The molecule has 1 N–H and O–H groups in total. The van der Waals surface area contributed by atoms with Crippen LogP contribution in [0.3, 0.4) is 0 Å². The van der Waals surface area contributed by atoms with E-state index in [0.29, 0.717) is 32.1 Å². The van der Waals surface area contributed by atoms with Crippen LogP contribution in [-0.2, 0) is 4.79 Å². The van der Waals surface area contributed by atoms with Crippen LogP contribution in [0.1, 0.15) is 31.7 Å². The van der Waals surface area contributed by atoms with E-state index in [9.17, 15) is 9.59 Å². The molecule has 0 unspecified atom stereocenters. The van der Waals surface area contributed by atoms with Gasteiger partial charge in [0.05, 0.1) is 13.7 Å². The maximum absolute atomic E-state index is 12.3. The molecule has 1 saturated heterocycles. The highest BCUT2D eigenvalue weighted by atomic mass is 16.5. The first-order chi connectivity index (χ1) is 11.6. The molecule has 1 fully saturated rings. The first-order valence-corrected chi connectivity index (χ1v) is 8.53.